The van der Waals surface area contributed by atoms with Crippen LogP contribution in [0.15, 0.2) is 23.2 Å². The van der Waals surface area contributed by atoms with Crippen LogP contribution in [0.4, 0.5) is 0 Å². The number of nitrogens with zero attached hydrogens (tertiary/aromatic N) is 1. The minimum absolute atomic E-state index is 0.529. The van der Waals surface area contributed by atoms with Gasteiger partial charge < -0.3 is 24.8 Å². The summed E-state index contributed by atoms with van der Waals surface area (Å²) in [5.41, 5.74) is 0. The van der Waals surface area contributed by atoms with Crippen LogP contribution < -0.4 is 24.8 Å². The minimum Gasteiger partial charge on any atom is -0.496 e. The first-order valence-electron chi connectivity index (χ1n) is 7.08. The molecule has 0 aliphatic heterocycles. The van der Waals surface area contributed by atoms with E-state index in [4.69, 9.17) is 14.2 Å². The van der Waals surface area contributed by atoms with Crippen LogP contribution in [0, 0.1) is 0 Å². The van der Waals surface area contributed by atoms with E-state index < -0.39 is 0 Å². The zero-order valence-corrected chi connectivity index (χ0v) is 12.8. The van der Waals surface area contributed by atoms with Gasteiger partial charge in [-0.15, -0.1) is 0 Å². The van der Waals surface area contributed by atoms with Crippen LogP contribution in [-0.2, 0) is 0 Å². The quantitative estimate of drug-likeness (QED) is 0.452. The summed E-state index contributed by atoms with van der Waals surface area (Å²) >= 11 is 0. The largest absolute Gasteiger partial charge is 0.496 e. The fraction of sp³-hybridized carbons (Fsp3) is 0.533. The molecule has 116 valence electrons. The number of aliphatic imine (C=N–C) groups is 1. The number of hydrogen-bond acceptors (Lipinski definition) is 4. The van der Waals surface area contributed by atoms with Crippen molar-refractivity contribution in [3.8, 4) is 17.2 Å². The van der Waals surface area contributed by atoms with Crippen LogP contribution in [0.5, 0.6) is 17.2 Å². The monoisotopic (exact) mass is 293 g/mol. The van der Waals surface area contributed by atoms with Gasteiger partial charge in [-0.2, -0.15) is 0 Å². The van der Waals surface area contributed by atoms with Gasteiger partial charge in [-0.05, 0) is 12.8 Å². The van der Waals surface area contributed by atoms with E-state index >= 15 is 0 Å². The van der Waals surface area contributed by atoms with Gasteiger partial charge in [0, 0.05) is 31.3 Å². The molecule has 1 aromatic rings. The number of hydrogen-bond donors (Lipinski definition) is 2. The van der Waals surface area contributed by atoms with Gasteiger partial charge in [0.2, 0.25) is 0 Å². The van der Waals surface area contributed by atoms with Crippen molar-refractivity contribution in [2.45, 2.75) is 18.9 Å². The Labute approximate surface area is 125 Å². The second-order valence-corrected chi connectivity index (χ2v) is 4.81. The van der Waals surface area contributed by atoms with E-state index in [9.17, 15) is 0 Å². The average molecular weight is 293 g/mol. The Morgan fingerprint density at radius 1 is 1.14 bits per heavy atom. The molecule has 0 radical (unpaired) electrons. The van der Waals surface area contributed by atoms with Crippen molar-refractivity contribution in [1.29, 1.82) is 0 Å². The molecule has 1 aliphatic carbocycles. The summed E-state index contributed by atoms with van der Waals surface area (Å²) in [5, 5.41) is 6.54. The standard InChI is InChI=1S/C15H23N3O3/c1-16-15(18-11-4-5-11)17-6-7-21-14-9-12(19-2)8-13(10-14)20-3/h8-11H,4-7H2,1-3H3,(H2,16,17,18). The number of ether oxygens (including phenoxy) is 3. The number of methoxy groups -OCH3 is 2. The van der Waals surface area contributed by atoms with E-state index in [0.29, 0.717) is 30.7 Å². The zero-order chi connectivity index (χ0) is 15.1. The van der Waals surface area contributed by atoms with Crippen molar-refractivity contribution >= 4 is 5.96 Å². The molecule has 6 nitrogen and oxygen atoms in total. The first kappa shape index (κ1) is 15.3. The van der Waals surface area contributed by atoms with Gasteiger partial charge in [0.15, 0.2) is 5.96 Å². The molecule has 0 aromatic heterocycles. The van der Waals surface area contributed by atoms with E-state index in [0.717, 1.165) is 11.7 Å². The van der Waals surface area contributed by atoms with Crippen molar-refractivity contribution in [2.24, 2.45) is 4.99 Å². The first-order chi connectivity index (χ1) is 10.2. The van der Waals surface area contributed by atoms with Gasteiger partial charge in [0.05, 0.1) is 20.8 Å². The number of rotatable bonds is 7. The van der Waals surface area contributed by atoms with E-state index in [2.05, 4.69) is 15.6 Å². The molecule has 0 amide bonds. The number of benzene rings is 1. The average Bonchev–Trinajstić information content (AvgIpc) is 3.33. The Morgan fingerprint density at radius 2 is 1.76 bits per heavy atom. The van der Waals surface area contributed by atoms with E-state index in [1.165, 1.54) is 12.8 Å². The third kappa shape index (κ3) is 5.06. The summed E-state index contributed by atoms with van der Waals surface area (Å²) in [4.78, 5) is 4.17. The van der Waals surface area contributed by atoms with Crippen molar-refractivity contribution in [1.82, 2.24) is 10.6 Å². The molecular formula is C15H23N3O3. The molecule has 0 bridgehead atoms. The SMILES string of the molecule is CN=C(NCCOc1cc(OC)cc(OC)c1)NC1CC1. The molecule has 21 heavy (non-hydrogen) atoms. The molecule has 6 heteroatoms. The Bertz CT molecular complexity index is 465. The molecule has 0 heterocycles. The maximum absolute atomic E-state index is 5.70. The Morgan fingerprint density at radius 3 is 2.29 bits per heavy atom. The van der Waals surface area contributed by atoms with Crippen molar-refractivity contribution in [3.63, 3.8) is 0 Å². The molecule has 1 fully saturated rings. The molecule has 0 spiro atoms. The van der Waals surface area contributed by atoms with Crippen LogP contribution in [0.1, 0.15) is 12.8 Å². The van der Waals surface area contributed by atoms with Crippen LogP contribution in [-0.4, -0.2) is 46.4 Å². The molecule has 1 saturated carbocycles. The van der Waals surface area contributed by atoms with Gasteiger partial charge in [-0.3, -0.25) is 4.99 Å². The smallest absolute Gasteiger partial charge is 0.191 e. The van der Waals surface area contributed by atoms with Crippen LogP contribution in [0.25, 0.3) is 0 Å². The summed E-state index contributed by atoms with van der Waals surface area (Å²) < 4.78 is 16.1. The van der Waals surface area contributed by atoms with Gasteiger partial charge in [0.1, 0.15) is 23.9 Å². The normalized spacial score (nSPS) is 14.5. The lowest BCUT2D eigenvalue weighted by molar-refractivity contribution is 0.315. The second kappa shape index (κ2) is 7.61. The maximum Gasteiger partial charge on any atom is 0.191 e. The Hall–Kier alpha value is -2.11. The summed E-state index contributed by atoms with van der Waals surface area (Å²) in [5.74, 6) is 2.97. The van der Waals surface area contributed by atoms with Crippen LogP contribution in [0.3, 0.4) is 0 Å². The summed E-state index contributed by atoms with van der Waals surface area (Å²) in [7, 11) is 5.01. The first-order valence-corrected chi connectivity index (χ1v) is 7.08. The lowest BCUT2D eigenvalue weighted by Gasteiger charge is -2.13. The summed E-state index contributed by atoms with van der Waals surface area (Å²) in [6.07, 6.45) is 2.45. The Kier molecular flexibility index (Phi) is 5.54. The highest BCUT2D eigenvalue weighted by Gasteiger charge is 2.21. The van der Waals surface area contributed by atoms with Gasteiger partial charge in [-0.25, -0.2) is 0 Å². The zero-order valence-electron chi connectivity index (χ0n) is 12.8. The summed E-state index contributed by atoms with van der Waals surface area (Å²) in [6, 6.07) is 6.06. The topological polar surface area (TPSA) is 64.1 Å². The van der Waals surface area contributed by atoms with Gasteiger partial charge in [-0.1, -0.05) is 0 Å². The molecule has 0 unspecified atom stereocenters. The van der Waals surface area contributed by atoms with E-state index in [1.807, 2.05) is 18.2 Å². The van der Waals surface area contributed by atoms with Crippen molar-refractivity contribution < 1.29 is 14.2 Å². The lowest BCUT2D eigenvalue weighted by atomic mass is 10.3. The van der Waals surface area contributed by atoms with Gasteiger partial charge in [0.25, 0.3) is 0 Å². The van der Waals surface area contributed by atoms with E-state index in [-0.39, 0.29) is 0 Å². The van der Waals surface area contributed by atoms with E-state index in [1.54, 1.807) is 21.3 Å². The molecule has 0 atom stereocenters. The van der Waals surface area contributed by atoms with Crippen LogP contribution in [0.2, 0.25) is 0 Å². The highest BCUT2D eigenvalue weighted by Crippen LogP contribution is 2.27. The highest BCUT2D eigenvalue weighted by molar-refractivity contribution is 5.80. The molecule has 1 aliphatic rings. The molecule has 1 aromatic carbocycles. The predicted molar refractivity (Wildman–Crippen MR) is 82.6 cm³/mol. The maximum atomic E-state index is 5.70. The fourth-order valence-electron chi connectivity index (χ4n) is 1.82. The molecule has 0 saturated heterocycles. The molecule has 2 N–H and O–H groups in total. The minimum atomic E-state index is 0.529. The predicted octanol–water partition coefficient (Wildman–Crippen LogP) is 1.41. The van der Waals surface area contributed by atoms with Crippen molar-refractivity contribution in [2.75, 3.05) is 34.4 Å². The van der Waals surface area contributed by atoms with Crippen molar-refractivity contribution in [3.05, 3.63) is 18.2 Å². The highest BCUT2D eigenvalue weighted by atomic mass is 16.5. The third-order valence-electron chi connectivity index (χ3n) is 3.13. The second-order valence-electron chi connectivity index (χ2n) is 4.81. The lowest BCUT2D eigenvalue weighted by Crippen LogP contribution is -2.40. The Balaban J connectivity index is 1.77. The number of nitrogens with one attached hydrogen (secondary N) is 2. The third-order valence-corrected chi connectivity index (χ3v) is 3.13. The van der Waals surface area contributed by atoms with Gasteiger partial charge >= 0.3 is 0 Å². The molecular weight excluding hydrogens is 270 g/mol. The fourth-order valence-corrected chi connectivity index (χ4v) is 1.82. The van der Waals surface area contributed by atoms with Crippen LogP contribution >= 0.6 is 0 Å². The summed E-state index contributed by atoms with van der Waals surface area (Å²) in [6.45, 7) is 1.20. The number of guanidine groups is 1. The molecule has 2 rings (SSSR count).